The number of hydrogen-bond donors (Lipinski definition) is 2. The van der Waals surface area contributed by atoms with Crippen LogP contribution in [0.2, 0.25) is 0 Å². The van der Waals surface area contributed by atoms with Crippen LogP contribution < -0.4 is 10.1 Å². The van der Waals surface area contributed by atoms with Gasteiger partial charge in [0, 0.05) is 18.3 Å². The smallest absolute Gasteiger partial charge is 0.226 e. The fourth-order valence-corrected chi connectivity index (χ4v) is 1.45. The number of aromatic nitrogens is 2. The molecule has 1 atom stereocenters. The van der Waals surface area contributed by atoms with Gasteiger partial charge in [-0.1, -0.05) is 13.8 Å². The lowest BCUT2D eigenvalue weighted by atomic mass is 10.2. The first-order chi connectivity index (χ1) is 8.65. The second-order valence-corrected chi connectivity index (χ2v) is 4.30. The Balaban J connectivity index is 2.51. The van der Waals surface area contributed by atoms with Crippen LogP contribution in [0.25, 0.3) is 0 Å². The summed E-state index contributed by atoms with van der Waals surface area (Å²) < 4.78 is 5.48. The molecule has 0 aliphatic rings. The molecule has 5 heteroatoms. The molecule has 0 saturated carbocycles. The second kappa shape index (κ2) is 7.87. The molecule has 1 aromatic heterocycles. The van der Waals surface area contributed by atoms with Crippen molar-refractivity contribution in [1.82, 2.24) is 9.97 Å². The van der Waals surface area contributed by atoms with Gasteiger partial charge in [0.05, 0.1) is 12.7 Å². The number of hydrogen-bond acceptors (Lipinski definition) is 5. The Hall–Kier alpha value is -1.36. The number of aliphatic hydroxyl groups is 1. The Morgan fingerprint density at radius 3 is 2.83 bits per heavy atom. The molecule has 0 aliphatic heterocycles. The summed E-state index contributed by atoms with van der Waals surface area (Å²) in [4.78, 5) is 8.55. The van der Waals surface area contributed by atoms with Crippen molar-refractivity contribution in [2.24, 2.45) is 0 Å². The van der Waals surface area contributed by atoms with E-state index in [4.69, 9.17) is 4.74 Å². The van der Waals surface area contributed by atoms with Gasteiger partial charge in [-0.05, 0) is 26.2 Å². The van der Waals surface area contributed by atoms with E-state index in [0.29, 0.717) is 31.4 Å². The van der Waals surface area contributed by atoms with Crippen LogP contribution in [-0.2, 0) is 0 Å². The van der Waals surface area contributed by atoms with Crippen molar-refractivity contribution < 1.29 is 9.84 Å². The van der Waals surface area contributed by atoms with Gasteiger partial charge in [0.2, 0.25) is 11.8 Å². The van der Waals surface area contributed by atoms with E-state index in [1.165, 1.54) is 0 Å². The molecule has 0 radical (unpaired) electrons. The van der Waals surface area contributed by atoms with Gasteiger partial charge in [0.1, 0.15) is 0 Å². The third-order valence-electron chi connectivity index (χ3n) is 2.52. The maximum atomic E-state index is 9.46. The largest absolute Gasteiger partial charge is 0.478 e. The monoisotopic (exact) mass is 253 g/mol. The second-order valence-electron chi connectivity index (χ2n) is 4.30. The van der Waals surface area contributed by atoms with Crippen LogP contribution >= 0.6 is 0 Å². The van der Waals surface area contributed by atoms with Gasteiger partial charge in [-0.15, -0.1) is 0 Å². The molecule has 102 valence electrons. The minimum atomic E-state index is -0.266. The summed E-state index contributed by atoms with van der Waals surface area (Å²) in [5, 5.41) is 12.6. The van der Waals surface area contributed by atoms with Crippen LogP contribution in [0.5, 0.6) is 5.88 Å². The van der Waals surface area contributed by atoms with Crippen LogP contribution in [-0.4, -0.2) is 34.3 Å². The van der Waals surface area contributed by atoms with Gasteiger partial charge >= 0.3 is 0 Å². The van der Waals surface area contributed by atoms with Crippen molar-refractivity contribution in [2.75, 3.05) is 18.5 Å². The summed E-state index contributed by atoms with van der Waals surface area (Å²) in [7, 11) is 0. The molecule has 0 amide bonds. The average Bonchev–Trinajstić information content (AvgIpc) is 2.35. The number of nitrogens with zero attached hydrogens (tertiary/aromatic N) is 2. The lowest BCUT2D eigenvalue weighted by Gasteiger charge is -2.10. The molecule has 1 rings (SSSR count). The highest BCUT2D eigenvalue weighted by Crippen LogP contribution is 2.12. The molecule has 0 bridgehead atoms. The molecule has 0 spiro atoms. The first-order valence-corrected chi connectivity index (χ1v) is 6.56. The molecule has 0 fully saturated rings. The fraction of sp³-hybridized carbons (Fsp3) is 0.692. The highest BCUT2D eigenvalue weighted by molar-refractivity contribution is 5.30. The topological polar surface area (TPSA) is 67.3 Å². The van der Waals surface area contributed by atoms with E-state index in [1.807, 2.05) is 19.9 Å². The summed E-state index contributed by atoms with van der Waals surface area (Å²) in [6.45, 7) is 7.24. The third kappa shape index (κ3) is 5.31. The van der Waals surface area contributed by atoms with E-state index in [-0.39, 0.29) is 6.10 Å². The van der Waals surface area contributed by atoms with Crippen molar-refractivity contribution in [2.45, 2.75) is 46.1 Å². The zero-order chi connectivity index (χ0) is 13.4. The predicted molar refractivity (Wildman–Crippen MR) is 72.0 cm³/mol. The Kier molecular flexibility index (Phi) is 6.43. The fourth-order valence-electron chi connectivity index (χ4n) is 1.45. The molecule has 1 aromatic rings. The molecular formula is C13H23N3O2. The summed E-state index contributed by atoms with van der Waals surface area (Å²) >= 11 is 0. The van der Waals surface area contributed by atoms with E-state index in [9.17, 15) is 5.11 Å². The number of ether oxygens (including phenoxy) is 1. The quantitative estimate of drug-likeness (QED) is 0.743. The molecule has 0 aromatic carbocycles. The summed E-state index contributed by atoms with van der Waals surface area (Å²) in [6.07, 6.45) is 2.15. The normalized spacial score (nSPS) is 12.2. The predicted octanol–water partition coefficient (Wildman–Crippen LogP) is 2.15. The molecular weight excluding hydrogens is 230 g/mol. The molecule has 5 nitrogen and oxygen atoms in total. The van der Waals surface area contributed by atoms with Gasteiger partial charge < -0.3 is 15.2 Å². The van der Waals surface area contributed by atoms with E-state index in [1.54, 1.807) is 0 Å². The molecule has 18 heavy (non-hydrogen) atoms. The third-order valence-corrected chi connectivity index (χ3v) is 2.52. The zero-order valence-electron chi connectivity index (χ0n) is 11.4. The molecule has 0 aliphatic carbocycles. The van der Waals surface area contributed by atoms with Gasteiger partial charge in [-0.2, -0.15) is 4.98 Å². The Morgan fingerprint density at radius 2 is 2.17 bits per heavy atom. The molecule has 1 heterocycles. The molecule has 1 unspecified atom stereocenters. The van der Waals surface area contributed by atoms with Crippen LogP contribution in [0, 0.1) is 6.92 Å². The van der Waals surface area contributed by atoms with Crippen LogP contribution in [0.15, 0.2) is 6.07 Å². The van der Waals surface area contributed by atoms with Crippen LogP contribution in [0.3, 0.4) is 0 Å². The Labute approximate surface area is 109 Å². The Morgan fingerprint density at radius 1 is 1.39 bits per heavy atom. The van der Waals surface area contributed by atoms with Crippen molar-refractivity contribution in [3.05, 3.63) is 11.8 Å². The lowest BCUT2D eigenvalue weighted by molar-refractivity contribution is 0.164. The molecule has 2 N–H and O–H groups in total. The standard InChI is InChI=1S/C13H23N3O2/c1-4-8-18-12-9-10(3)15-13(16-12)14-7-6-11(17)5-2/h9,11,17H,4-8H2,1-3H3,(H,14,15,16). The van der Waals surface area contributed by atoms with Crippen LogP contribution in [0.4, 0.5) is 5.95 Å². The first-order valence-electron chi connectivity index (χ1n) is 6.56. The maximum Gasteiger partial charge on any atom is 0.226 e. The van der Waals surface area contributed by atoms with Crippen LogP contribution in [0.1, 0.15) is 38.8 Å². The van der Waals surface area contributed by atoms with E-state index >= 15 is 0 Å². The summed E-state index contributed by atoms with van der Waals surface area (Å²) in [6, 6.07) is 1.82. The number of aryl methyl sites for hydroxylation is 1. The first kappa shape index (κ1) is 14.7. The van der Waals surface area contributed by atoms with E-state index in [2.05, 4.69) is 22.2 Å². The number of nitrogens with one attached hydrogen (secondary N) is 1. The summed E-state index contributed by atoms with van der Waals surface area (Å²) in [5.41, 5.74) is 0.870. The summed E-state index contributed by atoms with van der Waals surface area (Å²) in [5.74, 6) is 1.16. The highest BCUT2D eigenvalue weighted by atomic mass is 16.5. The minimum Gasteiger partial charge on any atom is -0.478 e. The lowest BCUT2D eigenvalue weighted by Crippen LogP contribution is -2.14. The van der Waals surface area contributed by atoms with Crippen molar-refractivity contribution in [1.29, 1.82) is 0 Å². The van der Waals surface area contributed by atoms with Crippen molar-refractivity contribution in [3.63, 3.8) is 0 Å². The average molecular weight is 253 g/mol. The SMILES string of the molecule is CCCOc1cc(C)nc(NCCC(O)CC)n1. The van der Waals surface area contributed by atoms with Gasteiger partial charge in [-0.25, -0.2) is 4.98 Å². The number of aliphatic hydroxyl groups excluding tert-OH is 1. The highest BCUT2D eigenvalue weighted by Gasteiger charge is 2.04. The Bertz CT molecular complexity index is 358. The minimum absolute atomic E-state index is 0.266. The van der Waals surface area contributed by atoms with Crippen molar-refractivity contribution in [3.8, 4) is 5.88 Å². The maximum absolute atomic E-state index is 9.46. The van der Waals surface area contributed by atoms with Gasteiger partial charge in [0.15, 0.2) is 0 Å². The number of anilines is 1. The van der Waals surface area contributed by atoms with E-state index in [0.717, 1.165) is 18.5 Å². The zero-order valence-corrected chi connectivity index (χ0v) is 11.4. The van der Waals surface area contributed by atoms with E-state index < -0.39 is 0 Å². The van der Waals surface area contributed by atoms with Gasteiger partial charge in [-0.3, -0.25) is 0 Å². The van der Waals surface area contributed by atoms with Crippen molar-refractivity contribution >= 4 is 5.95 Å². The molecule has 0 saturated heterocycles. The van der Waals surface area contributed by atoms with Gasteiger partial charge in [0.25, 0.3) is 0 Å². The number of rotatable bonds is 8.